The molecular weight excluding hydrogens is 501 g/mol. The van der Waals surface area contributed by atoms with E-state index in [9.17, 15) is 18.0 Å². The third-order valence-electron chi connectivity index (χ3n) is 6.91. The molecule has 5 rings (SSSR count). The minimum atomic E-state index is -4.40. The molecule has 0 amide bonds. The summed E-state index contributed by atoms with van der Waals surface area (Å²) in [5, 5.41) is 1.18. The van der Waals surface area contributed by atoms with E-state index >= 15 is 0 Å². The Morgan fingerprint density at radius 3 is 2.53 bits per heavy atom. The van der Waals surface area contributed by atoms with Crippen molar-refractivity contribution < 1.29 is 13.2 Å². The fraction of sp³-hybridized carbons (Fsp3) is 0.357. The molecule has 8 heteroatoms. The van der Waals surface area contributed by atoms with Crippen LogP contribution in [-0.2, 0) is 24.8 Å². The summed E-state index contributed by atoms with van der Waals surface area (Å²) in [7, 11) is 0. The second kappa shape index (κ2) is 9.38. The summed E-state index contributed by atoms with van der Waals surface area (Å²) >= 11 is 2.88. The van der Waals surface area contributed by atoms with Gasteiger partial charge in [0.05, 0.1) is 16.6 Å². The van der Waals surface area contributed by atoms with E-state index in [1.54, 1.807) is 22.0 Å². The lowest BCUT2D eigenvalue weighted by Gasteiger charge is -2.33. The van der Waals surface area contributed by atoms with Crippen molar-refractivity contribution >= 4 is 33.3 Å². The highest BCUT2D eigenvalue weighted by molar-refractivity contribution is 7.98. The van der Waals surface area contributed by atoms with E-state index in [4.69, 9.17) is 4.98 Å². The SMILES string of the molecule is CC(C)(C)[C@@H]1CCc2c(sc3nc(SCc4cccc(C(F)(F)F)c4)n(-c4ccccc4)c(=O)c23)C1. The lowest BCUT2D eigenvalue weighted by molar-refractivity contribution is -0.137. The normalized spacial score (nSPS) is 16.3. The molecule has 1 aliphatic carbocycles. The van der Waals surface area contributed by atoms with E-state index in [-0.39, 0.29) is 16.7 Å². The van der Waals surface area contributed by atoms with Crippen LogP contribution in [0.15, 0.2) is 64.5 Å². The number of thioether (sulfide) groups is 1. The fourth-order valence-electron chi connectivity index (χ4n) is 4.83. The second-order valence-electron chi connectivity index (χ2n) is 10.3. The standard InChI is InChI=1S/C28H27F3N2OS2/c1-27(2,3)18-12-13-21-22(15-18)36-24-23(21)25(34)33(20-10-5-4-6-11-20)26(32-24)35-16-17-8-7-9-19(14-17)28(29,30)31/h4-11,14,18H,12-13,15-16H2,1-3H3/t18-/m1/s1. The Kier molecular flexibility index (Phi) is 6.53. The maximum Gasteiger partial charge on any atom is 0.416 e. The van der Waals surface area contributed by atoms with Crippen molar-refractivity contribution in [3.8, 4) is 5.69 Å². The van der Waals surface area contributed by atoms with Gasteiger partial charge >= 0.3 is 6.18 Å². The van der Waals surface area contributed by atoms with Gasteiger partial charge in [0.15, 0.2) is 5.16 Å². The van der Waals surface area contributed by atoms with Crippen LogP contribution in [0.5, 0.6) is 0 Å². The molecule has 36 heavy (non-hydrogen) atoms. The monoisotopic (exact) mass is 528 g/mol. The van der Waals surface area contributed by atoms with Gasteiger partial charge in [-0.1, -0.05) is 68.9 Å². The molecule has 1 atom stereocenters. The number of benzene rings is 2. The average molecular weight is 529 g/mol. The first kappa shape index (κ1) is 25.1. The molecule has 0 saturated heterocycles. The Morgan fingerprint density at radius 1 is 1.08 bits per heavy atom. The largest absolute Gasteiger partial charge is 0.416 e. The predicted octanol–water partition coefficient (Wildman–Crippen LogP) is 7.91. The molecule has 3 nitrogen and oxygen atoms in total. The van der Waals surface area contributed by atoms with E-state index in [0.29, 0.717) is 27.7 Å². The van der Waals surface area contributed by atoms with Crippen molar-refractivity contribution in [1.82, 2.24) is 9.55 Å². The van der Waals surface area contributed by atoms with Crippen LogP contribution in [0.4, 0.5) is 13.2 Å². The molecule has 0 aliphatic heterocycles. The van der Waals surface area contributed by atoms with Gasteiger partial charge in [0.1, 0.15) is 4.83 Å². The van der Waals surface area contributed by atoms with Gasteiger partial charge in [0.25, 0.3) is 5.56 Å². The molecule has 2 aromatic carbocycles. The van der Waals surface area contributed by atoms with Crippen molar-refractivity contribution in [2.24, 2.45) is 11.3 Å². The molecule has 0 unspecified atom stereocenters. The Morgan fingerprint density at radius 2 is 1.83 bits per heavy atom. The molecule has 2 heterocycles. The zero-order valence-electron chi connectivity index (χ0n) is 20.4. The van der Waals surface area contributed by atoms with E-state index in [1.807, 2.05) is 30.3 Å². The van der Waals surface area contributed by atoms with Gasteiger partial charge in [0, 0.05) is 10.6 Å². The summed E-state index contributed by atoms with van der Waals surface area (Å²) in [6, 6.07) is 14.6. The van der Waals surface area contributed by atoms with Crippen molar-refractivity contribution in [3.63, 3.8) is 0 Å². The van der Waals surface area contributed by atoms with Crippen molar-refractivity contribution in [1.29, 1.82) is 0 Å². The van der Waals surface area contributed by atoms with Crippen molar-refractivity contribution in [2.75, 3.05) is 0 Å². The van der Waals surface area contributed by atoms with Crippen LogP contribution in [0, 0.1) is 11.3 Å². The molecule has 1 aliphatic rings. The lowest BCUT2D eigenvalue weighted by Crippen LogP contribution is -2.27. The van der Waals surface area contributed by atoms with Gasteiger partial charge in [-0.05, 0) is 59.9 Å². The van der Waals surface area contributed by atoms with Crippen LogP contribution in [0.3, 0.4) is 0 Å². The first-order valence-corrected chi connectivity index (χ1v) is 13.7. The summed E-state index contributed by atoms with van der Waals surface area (Å²) in [6.07, 6.45) is -1.55. The Labute approximate surface area is 216 Å². The van der Waals surface area contributed by atoms with E-state index in [2.05, 4.69) is 20.8 Å². The number of alkyl halides is 3. The summed E-state index contributed by atoms with van der Waals surface area (Å²) in [5.74, 6) is 0.815. The molecule has 2 aromatic heterocycles. The van der Waals surface area contributed by atoms with Crippen LogP contribution >= 0.6 is 23.1 Å². The van der Waals surface area contributed by atoms with E-state index < -0.39 is 11.7 Å². The van der Waals surface area contributed by atoms with Crippen LogP contribution in [0.1, 0.15) is 48.8 Å². The first-order valence-electron chi connectivity index (χ1n) is 11.9. The number of rotatable bonds is 4. The molecular formula is C28H27F3N2OS2. The molecule has 0 bridgehead atoms. The van der Waals surface area contributed by atoms with Gasteiger partial charge < -0.3 is 0 Å². The number of aryl methyl sites for hydroxylation is 1. The number of hydrogen-bond acceptors (Lipinski definition) is 4. The number of halogens is 3. The van der Waals surface area contributed by atoms with Crippen LogP contribution in [0.25, 0.3) is 15.9 Å². The maximum atomic E-state index is 13.9. The summed E-state index contributed by atoms with van der Waals surface area (Å²) < 4.78 is 41.2. The van der Waals surface area contributed by atoms with Gasteiger partial charge in [0.2, 0.25) is 0 Å². The quantitative estimate of drug-likeness (QED) is 0.199. The maximum absolute atomic E-state index is 13.9. The fourth-order valence-corrected chi connectivity index (χ4v) is 7.13. The van der Waals surface area contributed by atoms with Crippen LogP contribution in [0.2, 0.25) is 0 Å². The molecule has 0 fully saturated rings. The molecule has 4 aromatic rings. The second-order valence-corrected chi connectivity index (χ2v) is 12.4. The number of aromatic nitrogens is 2. The van der Waals surface area contributed by atoms with Gasteiger partial charge in [-0.3, -0.25) is 9.36 Å². The third-order valence-corrected chi connectivity index (χ3v) is 9.07. The number of nitrogens with zero attached hydrogens (tertiary/aromatic N) is 2. The molecule has 0 N–H and O–H groups in total. The highest BCUT2D eigenvalue weighted by Crippen LogP contribution is 2.42. The van der Waals surface area contributed by atoms with Gasteiger partial charge in [-0.15, -0.1) is 11.3 Å². The van der Waals surface area contributed by atoms with Crippen molar-refractivity contribution in [2.45, 2.75) is 57.1 Å². The molecule has 0 saturated carbocycles. The minimum Gasteiger partial charge on any atom is -0.268 e. The average Bonchev–Trinajstić information content (AvgIpc) is 3.20. The van der Waals surface area contributed by atoms with E-state index in [1.165, 1.54) is 22.7 Å². The molecule has 188 valence electrons. The highest BCUT2D eigenvalue weighted by atomic mass is 32.2. The number of hydrogen-bond donors (Lipinski definition) is 0. The van der Waals surface area contributed by atoms with Crippen LogP contribution in [-0.4, -0.2) is 9.55 Å². The Hall–Kier alpha value is -2.58. The van der Waals surface area contributed by atoms with Gasteiger partial charge in [-0.2, -0.15) is 13.2 Å². The van der Waals surface area contributed by atoms with Crippen LogP contribution < -0.4 is 5.56 Å². The smallest absolute Gasteiger partial charge is 0.268 e. The Balaban J connectivity index is 1.58. The topological polar surface area (TPSA) is 34.9 Å². The molecule has 0 radical (unpaired) electrons. The number of para-hydroxylation sites is 1. The Bertz CT molecular complexity index is 1470. The predicted molar refractivity (Wildman–Crippen MR) is 141 cm³/mol. The zero-order valence-corrected chi connectivity index (χ0v) is 22.0. The first-order chi connectivity index (χ1) is 17.0. The number of fused-ring (bicyclic) bond motifs is 3. The lowest BCUT2D eigenvalue weighted by atomic mass is 9.72. The van der Waals surface area contributed by atoms with Crippen molar-refractivity contribution in [3.05, 3.63) is 86.5 Å². The highest BCUT2D eigenvalue weighted by Gasteiger charge is 2.33. The summed E-state index contributed by atoms with van der Waals surface area (Å²) in [4.78, 5) is 20.8. The minimum absolute atomic E-state index is 0.107. The number of thiophene rings is 1. The summed E-state index contributed by atoms with van der Waals surface area (Å²) in [6.45, 7) is 6.79. The molecule has 0 spiro atoms. The van der Waals surface area contributed by atoms with E-state index in [0.717, 1.165) is 41.8 Å². The zero-order chi connectivity index (χ0) is 25.7. The summed E-state index contributed by atoms with van der Waals surface area (Å²) in [5.41, 5.74) is 1.76. The third kappa shape index (κ3) is 4.85. The van der Waals surface area contributed by atoms with Gasteiger partial charge in [-0.25, -0.2) is 4.98 Å².